The minimum absolute atomic E-state index is 0.139. The van der Waals surface area contributed by atoms with Crippen molar-refractivity contribution in [3.05, 3.63) is 24.3 Å². The molecule has 0 spiro atoms. The lowest BCUT2D eigenvalue weighted by Crippen LogP contribution is -2.39. The normalized spacial score (nSPS) is 20.2. The number of hydrogen-bond acceptors (Lipinski definition) is 4. The first-order chi connectivity index (χ1) is 9.27. The highest BCUT2D eigenvalue weighted by Crippen LogP contribution is 2.15. The van der Waals surface area contributed by atoms with Crippen molar-refractivity contribution in [3.8, 4) is 0 Å². The zero-order valence-corrected chi connectivity index (χ0v) is 11.5. The van der Waals surface area contributed by atoms with Crippen LogP contribution in [0.4, 0.5) is 0 Å². The van der Waals surface area contributed by atoms with E-state index in [1.54, 1.807) is 6.20 Å². The van der Waals surface area contributed by atoms with E-state index in [0.29, 0.717) is 18.3 Å². The Morgan fingerprint density at radius 3 is 3.11 bits per heavy atom. The molecular weight excluding hydrogens is 240 g/mol. The predicted molar refractivity (Wildman–Crippen MR) is 73.9 cm³/mol. The smallest absolute Gasteiger partial charge is 0.271 e. The maximum atomic E-state index is 11.7. The van der Waals surface area contributed by atoms with Crippen LogP contribution in [0.2, 0.25) is 0 Å². The van der Waals surface area contributed by atoms with Crippen molar-refractivity contribution in [3.63, 3.8) is 0 Å². The molecule has 1 aromatic heterocycles. The highest BCUT2D eigenvalue weighted by molar-refractivity contribution is 5.91. The zero-order chi connectivity index (χ0) is 13.5. The number of nitrogens with one attached hydrogen (secondary N) is 1. The molecule has 0 aliphatic carbocycles. The number of nitrogens with zero attached hydrogens (tertiary/aromatic N) is 3. The van der Waals surface area contributed by atoms with Crippen LogP contribution in [0.25, 0.3) is 0 Å². The molecule has 0 aromatic carbocycles. The summed E-state index contributed by atoms with van der Waals surface area (Å²) in [6.45, 7) is 5.23. The van der Waals surface area contributed by atoms with E-state index in [9.17, 15) is 4.79 Å². The van der Waals surface area contributed by atoms with Crippen LogP contribution in [0.1, 0.15) is 43.1 Å². The molecule has 1 aliphatic heterocycles. The first-order valence-electron chi connectivity index (χ1n) is 7.05. The molecule has 1 aromatic rings. The van der Waals surface area contributed by atoms with E-state index in [0.717, 1.165) is 13.0 Å². The fourth-order valence-corrected chi connectivity index (χ4v) is 2.48. The van der Waals surface area contributed by atoms with Gasteiger partial charge in [-0.15, -0.1) is 0 Å². The highest BCUT2D eigenvalue weighted by atomic mass is 16.1. The van der Waals surface area contributed by atoms with Crippen LogP contribution < -0.4 is 5.32 Å². The number of piperidine rings is 1. The fraction of sp³-hybridized carbons (Fsp3) is 0.643. The average molecular weight is 262 g/mol. The van der Waals surface area contributed by atoms with E-state index in [2.05, 4.69) is 27.1 Å². The second-order valence-electron chi connectivity index (χ2n) is 5.08. The summed E-state index contributed by atoms with van der Waals surface area (Å²) in [5.41, 5.74) is 0.383. The van der Waals surface area contributed by atoms with Gasteiger partial charge in [-0.3, -0.25) is 9.78 Å². The molecule has 2 rings (SSSR count). The Bertz CT molecular complexity index is 396. The van der Waals surface area contributed by atoms with E-state index in [1.165, 1.54) is 38.2 Å². The lowest BCUT2D eigenvalue weighted by molar-refractivity contribution is 0.0943. The Labute approximate surface area is 114 Å². The van der Waals surface area contributed by atoms with Gasteiger partial charge in [0.1, 0.15) is 5.69 Å². The summed E-state index contributed by atoms with van der Waals surface area (Å²) in [7, 11) is 0. The second kappa shape index (κ2) is 7.19. The Hall–Kier alpha value is -1.49. The van der Waals surface area contributed by atoms with Crippen LogP contribution in [0.3, 0.4) is 0 Å². The van der Waals surface area contributed by atoms with Gasteiger partial charge in [0.05, 0.1) is 6.20 Å². The summed E-state index contributed by atoms with van der Waals surface area (Å²) in [6, 6.07) is 0.685. The topological polar surface area (TPSA) is 58.1 Å². The molecule has 1 aliphatic rings. The van der Waals surface area contributed by atoms with Crippen molar-refractivity contribution in [2.45, 2.75) is 38.6 Å². The lowest BCUT2D eigenvalue weighted by Gasteiger charge is -2.33. The van der Waals surface area contributed by atoms with E-state index in [1.807, 2.05) is 0 Å². The monoisotopic (exact) mass is 262 g/mol. The number of carbonyl (C=O) groups excluding carboxylic acids is 1. The van der Waals surface area contributed by atoms with Crippen molar-refractivity contribution >= 4 is 5.91 Å². The summed E-state index contributed by atoms with van der Waals surface area (Å²) in [6.07, 6.45) is 9.51. The zero-order valence-electron chi connectivity index (χ0n) is 11.5. The van der Waals surface area contributed by atoms with Crippen molar-refractivity contribution in [2.75, 3.05) is 19.6 Å². The first-order valence-corrected chi connectivity index (χ1v) is 7.05. The average Bonchev–Trinajstić information content (AvgIpc) is 2.46. The molecule has 0 saturated carbocycles. The largest absolute Gasteiger partial charge is 0.351 e. The molecule has 19 heavy (non-hydrogen) atoms. The number of amides is 1. The van der Waals surface area contributed by atoms with Gasteiger partial charge in [0, 0.05) is 31.5 Å². The number of likely N-dealkylation sites (tertiary alicyclic amines) is 1. The van der Waals surface area contributed by atoms with Gasteiger partial charge in [0.2, 0.25) is 0 Å². The standard InChI is InChI=1S/C14H22N4O/c1-12-5-2-3-9-18(12)10-4-6-17-14(19)13-11-15-7-8-16-13/h7-8,11-12H,2-6,9-10H2,1H3,(H,17,19). The van der Waals surface area contributed by atoms with Crippen molar-refractivity contribution in [1.82, 2.24) is 20.2 Å². The van der Waals surface area contributed by atoms with Crippen LogP contribution in [0.15, 0.2) is 18.6 Å². The number of carbonyl (C=O) groups is 1. The second-order valence-corrected chi connectivity index (χ2v) is 5.08. The summed E-state index contributed by atoms with van der Waals surface area (Å²) in [5, 5.41) is 2.89. The molecule has 5 heteroatoms. The third kappa shape index (κ3) is 4.28. The molecule has 0 radical (unpaired) electrons. The van der Waals surface area contributed by atoms with Crippen LogP contribution in [0, 0.1) is 0 Å². The summed E-state index contributed by atoms with van der Waals surface area (Å²) in [5.74, 6) is -0.139. The number of aromatic nitrogens is 2. The van der Waals surface area contributed by atoms with Gasteiger partial charge in [-0.1, -0.05) is 6.42 Å². The van der Waals surface area contributed by atoms with Crippen LogP contribution in [0.5, 0.6) is 0 Å². The van der Waals surface area contributed by atoms with E-state index in [-0.39, 0.29) is 5.91 Å². The molecule has 5 nitrogen and oxygen atoms in total. The molecule has 1 N–H and O–H groups in total. The molecule has 104 valence electrons. The maximum Gasteiger partial charge on any atom is 0.271 e. The van der Waals surface area contributed by atoms with E-state index < -0.39 is 0 Å². The van der Waals surface area contributed by atoms with E-state index >= 15 is 0 Å². The van der Waals surface area contributed by atoms with Gasteiger partial charge in [0.15, 0.2) is 0 Å². The summed E-state index contributed by atoms with van der Waals surface area (Å²) >= 11 is 0. The van der Waals surface area contributed by atoms with Gasteiger partial charge < -0.3 is 10.2 Å². The van der Waals surface area contributed by atoms with Crippen molar-refractivity contribution < 1.29 is 4.79 Å². The quantitative estimate of drug-likeness (QED) is 0.816. The maximum absolute atomic E-state index is 11.7. The SMILES string of the molecule is CC1CCCCN1CCCNC(=O)c1cnccn1. The summed E-state index contributed by atoms with van der Waals surface area (Å²) < 4.78 is 0. The number of hydrogen-bond donors (Lipinski definition) is 1. The van der Waals surface area contributed by atoms with Crippen molar-refractivity contribution in [2.24, 2.45) is 0 Å². The number of rotatable bonds is 5. The van der Waals surface area contributed by atoms with Gasteiger partial charge in [0.25, 0.3) is 5.91 Å². The molecule has 1 atom stereocenters. The summed E-state index contributed by atoms with van der Waals surface area (Å²) in [4.78, 5) is 22.1. The highest BCUT2D eigenvalue weighted by Gasteiger charge is 2.17. The fourth-order valence-electron chi connectivity index (χ4n) is 2.48. The predicted octanol–water partition coefficient (Wildman–Crippen LogP) is 1.47. The minimum Gasteiger partial charge on any atom is -0.351 e. The van der Waals surface area contributed by atoms with Gasteiger partial charge in [-0.2, -0.15) is 0 Å². The Balaban J connectivity index is 1.65. The van der Waals surface area contributed by atoms with Crippen LogP contribution in [-0.2, 0) is 0 Å². The van der Waals surface area contributed by atoms with E-state index in [4.69, 9.17) is 0 Å². The molecule has 1 unspecified atom stereocenters. The molecular formula is C14H22N4O. The van der Waals surface area contributed by atoms with Crippen molar-refractivity contribution in [1.29, 1.82) is 0 Å². The third-order valence-corrected chi connectivity index (χ3v) is 3.64. The van der Waals surface area contributed by atoms with Crippen LogP contribution >= 0.6 is 0 Å². The minimum atomic E-state index is -0.139. The Morgan fingerprint density at radius 2 is 2.37 bits per heavy atom. The molecule has 1 fully saturated rings. The molecule has 0 bridgehead atoms. The Morgan fingerprint density at radius 1 is 1.47 bits per heavy atom. The van der Waals surface area contributed by atoms with Gasteiger partial charge in [-0.05, 0) is 32.7 Å². The molecule has 2 heterocycles. The lowest BCUT2D eigenvalue weighted by atomic mass is 10.0. The van der Waals surface area contributed by atoms with Gasteiger partial charge >= 0.3 is 0 Å². The first kappa shape index (κ1) is 13.9. The van der Waals surface area contributed by atoms with Crippen LogP contribution in [-0.4, -0.2) is 46.5 Å². The van der Waals surface area contributed by atoms with Gasteiger partial charge in [-0.25, -0.2) is 4.98 Å². The molecule has 1 amide bonds. The molecule has 1 saturated heterocycles. The third-order valence-electron chi connectivity index (χ3n) is 3.64. The Kier molecular flexibility index (Phi) is 5.27.